The molecule has 1 aromatic carbocycles. The van der Waals surface area contributed by atoms with Crippen molar-refractivity contribution in [2.45, 2.75) is 272 Å². The first kappa shape index (κ1) is 61.7. The molecular formula is C56H110N4O3. The van der Waals surface area contributed by atoms with Crippen LogP contribution in [0.4, 0.5) is 0 Å². The van der Waals surface area contributed by atoms with Crippen molar-refractivity contribution < 1.29 is 15.6 Å². The van der Waals surface area contributed by atoms with E-state index in [2.05, 4.69) is 229 Å². The standard InChI is InChI=1S/C13H27NO.C13H19N.C12H25NO.C12H23NO.C5H12.CH4/c1-11(2,3)10-8-12(4,5)14(15)13(6,7)9-10;1-12(2)10-8-6-7-9-11(10)13(3,4)14(12)5;2*1-10(2,3)9-8-11(4,5)13(14)12(9,6)7;1-5(2,3)4;/h10,15H,8-9H2,1-7H3;6-9H,1-5H3;9,14H,8H2,1-7H3;8,14H,1-7H3;1-4H3;1H4. The number of hydrogen-bond acceptors (Lipinski definition) is 7. The van der Waals surface area contributed by atoms with Crippen LogP contribution in [0.3, 0.4) is 0 Å². The van der Waals surface area contributed by atoms with Gasteiger partial charge in [0.2, 0.25) is 0 Å². The summed E-state index contributed by atoms with van der Waals surface area (Å²) in [6, 6.07) is 8.77. The summed E-state index contributed by atoms with van der Waals surface area (Å²) in [5.41, 5.74) is 4.76. The average molecular weight is 888 g/mol. The molecule has 4 heterocycles. The third-order valence-corrected chi connectivity index (χ3v) is 14.5. The van der Waals surface area contributed by atoms with Gasteiger partial charge >= 0.3 is 0 Å². The van der Waals surface area contributed by atoms with Gasteiger partial charge in [-0.15, -0.1) is 0 Å². The Hall–Kier alpha value is -1.32. The normalized spacial score (nSPS) is 25.9. The molecular weight excluding hydrogens is 777 g/mol. The molecule has 1 atom stereocenters. The Labute approximate surface area is 393 Å². The van der Waals surface area contributed by atoms with Crippen LogP contribution in [-0.2, 0) is 11.1 Å². The highest BCUT2D eigenvalue weighted by atomic mass is 16.5. The third-order valence-electron chi connectivity index (χ3n) is 14.5. The van der Waals surface area contributed by atoms with E-state index in [1.54, 1.807) is 10.1 Å². The molecule has 372 valence electrons. The number of fused-ring (bicyclic) bond motifs is 1. The minimum Gasteiger partial charge on any atom is -0.313 e. The van der Waals surface area contributed by atoms with E-state index in [0.29, 0.717) is 22.7 Å². The van der Waals surface area contributed by atoms with Crippen LogP contribution in [0.25, 0.3) is 0 Å². The molecule has 4 aliphatic heterocycles. The van der Waals surface area contributed by atoms with Gasteiger partial charge in [0.15, 0.2) is 0 Å². The molecule has 7 heteroatoms. The number of hydroxylamine groups is 6. The fourth-order valence-electron chi connectivity index (χ4n) is 11.2. The second-order valence-corrected chi connectivity index (χ2v) is 28.9. The molecule has 5 rings (SSSR count). The van der Waals surface area contributed by atoms with Gasteiger partial charge in [0.25, 0.3) is 0 Å². The molecule has 0 saturated carbocycles. The lowest BCUT2D eigenvalue weighted by atomic mass is 9.65. The summed E-state index contributed by atoms with van der Waals surface area (Å²) in [5.74, 6) is 1.20. The van der Waals surface area contributed by atoms with Gasteiger partial charge in [-0.25, -0.2) is 0 Å². The first-order chi connectivity index (χ1) is 26.8. The topological polar surface area (TPSA) is 73.6 Å². The van der Waals surface area contributed by atoms with Crippen molar-refractivity contribution in [3.63, 3.8) is 0 Å². The van der Waals surface area contributed by atoms with E-state index in [1.807, 2.05) is 13.8 Å². The van der Waals surface area contributed by atoms with Gasteiger partial charge in [0.05, 0.1) is 11.1 Å². The SMILES string of the molecule is C.CC(C)(C)C.CC(C)(C)C1=CC(C)(C)N(O)C1(C)C.CC(C)(C)C1CC(C)(C)N(O)C(C)(C)C1.CC(C)(C)C1CC(C)(C)N(O)C1(C)C.CN1C(C)(C)c2ccccc2C1(C)C. The highest BCUT2D eigenvalue weighted by Gasteiger charge is 2.55. The Morgan fingerprint density at radius 3 is 1.03 bits per heavy atom. The predicted octanol–water partition coefficient (Wildman–Crippen LogP) is 16.0. The second kappa shape index (κ2) is 19.4. The average Bonchev–Trinajstić information content (AvgIpc) is 3.40. The molecule has 0 bridgehead atoms. The molecule has 3 N–H and O–H groups in total. The van der Waals surface area contributed by atoms with Crippen LogP contribution < -0.4 is 0 Å². The van der Waals surface area contributed by atoms with Gasteiger partial charge in [0, 0.05) is 33.2 Å². The fourth-order valence-corrected chi connectivity index (χ4v) is 11.2. The van der Waals surface area contributed by atoms with Crippen molar-refractivity contribution in [3.05, 3.63) is 47.0 Å². The zero-order chi connectivity index (χ0) is 49.9. The minimum atomic E-state index is -0.262. The van der Waals surface area contributed by atoms with Crippen molar-refractivity contribution >= 4 is 0 Å². The fraction of sp³-hybridized carbons (Fsp3) is 0.857. The molecule has 0 spiro atoms. The molecule has 0 amide bonds. The van der Waals surface area contributed by atoms with Gasteiger partial charge < -0.3 is 15.6 Å². The van der Waals surface area contributed by atoms with Gasteiger partial charge in [0.1, 0.15) is 0 Å². The molecule has 2 fully saturated rings. The number of benzene rings is 1. The summed E-state index contributed by atoms with van der Waals surface area (Å²) >= 11 is 0. The van der Waals surface area contributed by atoms with Gasteiger partial charge in [-0.3, -0.25) is 4.90 Å². The lowest BCUT2D eigenvalue weighted by molar-refractivity contribution is -0.257. The maximum atomic E-state index is 10.2. The smallest absolute Gasteiger partial charge is 0.0628 e. The zero-order valence-corrected chi connectivity index (χ0v) is 46.8. The first-order valence-corrected chi connectivity index (χ1v) is 23.9. The molecule has 7 nitrogen and oxygen atoms in total. The van der Waals surface area contributed by atoms with E-state index in [9.17, 15) is 15.6 Å². The number of piperidine rings is 1. The third kappa shape index (κ3) is 14.6. The maximum absolute atomic E-state index is 10.2. The Bertz CT molecular complexity index is 1590. The summed E-state index contributed by atoms with van der Waals surface area (Å²) in [7, 11) is 2.21. The van der Waals surface area contributed by atoms with E-state index < -0.39 is 0 Å². The number of hydrogen-bond donors (Lipinski definition) is 3. The van der Waals surface area contributed by atoms with E-state index in [1.165, 1.54) is 21.8 Å². The van der Waals surface area contributed by atoms with E-state index in [0.717, 1.165) is 19.3 Å². The van der Waals surface area contributed by atoms with Crippen LogP contribution in [0, 0.1) is 33.5 Å². The highest BCUT2D eigenvalue weighted by molar-refractivity contribution is 5.42. The minimum absolute atomic E-state index is 0. The summed E-state index contributed by atoms with van der Waals surface area (Å²) < 4.78 is 0. The molecule has 0 aromatic heterocycles. The van der Waals surface area contributed by atoms with Crippen molar-refractivity contribution in [2.75, 3.05) is 7.05 Å². The highest BCUT2D eigenvalue weighted by Crippen LogP contribution is 2.52. The van der Waals surface area contributed by atoms with Gasteiger partial charge in [-0.2, -0.15) is 15.2 Å². The molecule has 1 unspecified atom stereocenters. The Balaban J connectivity index is 0.000000781. The van der Waals surface area contributed by atoms with Gasteiger partial charge in [-0.05, 0) is 187 Å². The molecule has 1 aromatic rings. The molecule has 2 saturated heterocycles. The van der Waals surface area contributed by atoms with Crippen molar-refractivity contribution in [2.24, 2.45) is 33.5 Å². The first-order valence-electron chi connectivity index (χ1n) is 23.9. The van der Waals surface area contributed by atoms with Crippen molar-refractivity contribution in [3.8, 4) is 0 Å². The van der Waals surface area contributed by atoms with E-state index >= 15 is 0 Å². The largest absolute Gasteiger partial charge is 0.313 e. The lowest BCUT2D eigenvalue weighted by Gasteiger charge is -2.54. The maximum Gasteiger partial charge on any atom is 0.0628 e. The molecule has 63 heavy (non-hydrogen) atoms. The van der Waals surface area contributed by atoms with Crippen LogP contribution in [0.15, 0.2) is 35.9 Å². The van der Waals surface area contributed by atoms with E-state index in [4.69, 9.17) is 0 Å². The Morgan fingerprint density at radius 2 is 0.825 bits per heavy atom. The summed E-state index contributed by atoms with van der Waals surface area (Å²) in [6.45, 7) is 63.4. The number of rotatable bonds is 0. The second-order valence-electron chi connectivity index (χ2n) is 28.9. The zero-order valence-electron chi connectivity index (χ0n) is 46.8. The van der Waals surface area contributed by atoms with Gasteiger partial charge in [-0.1, -0.05) is 128 Å². The lowest BCUT2D eigenvalue weighted by Crippen LogP contribution is -2.60. The van der Waals surface area contributed by atoms with Crippen molar-refractivity contribution in [1.82, 2.24) is 20.1 Å². The molecule has 4 aliphatic rings. The number of nitrogens with zero attached hydrogens (tertiary/aromatic N) is 4. The van der Waals surface area contributed by atoms with E-state index in [-0.39, 0.29) is 62.6 Å². The Morgan fingerprint density at radius 1 is 0.492 bits per heavy atom. The Kier molecular flexibility index (Phi) is 18.9. The van der Waals surface area contributed by atoms with Crippen LogP contribution in [0.1, 0.15) is 239 Å². The molecule has 0 radical (unpaired) electrons. The quantitative estimate of drug-likeness (QED) is 0.224. The van der Waals surface area contributed by atoms with Crippen LogP contribution in [0.5, 0.6) is 0 Å². The predicted molar refractivity (Wildman–Crippen MR) is 275 cm³/mol. The van der Waals surface area contributed by atoms with Crippen LogP contribution >= 0.6 is 0 Å². The summed E-state index contributed by atoms with van der Waals surface area (Å²) in [4.78, 5) is 2.45. The summed E-state index contributed by atoms with van der Waals surface area (Å²) in [5, 5.41) is 35.0. The molecule has 0 aliphatic carbocycles. The van der Waals surface area contributed by atoms with Crippen molar-refractivity contribution in [1.29, 1.82) is 0 Å². The monoisotopic (exact) mass is 887 g/mol. The summed E-state index contributed by atoms with van der Waals surface area (Å²) in [6.07, 6.45) is 5.37. The van der Waals surface area contributed by atoms with Crippen LogP contribution in [-0.4, -0.2) is 76.0 Å². The van der Waals surface area contributed by atoms with Crippen LogP contribution in [0.2, 0.25) is 0 Å².